The first-order valence-corrected chi connectivity index (χ1v) is 7.18. The number of amides is 1. The molecule has 2 rings (SSSR count). The van der Waals surface area contributed by atoms with Crippen LogP contribution in [0.5, 0.6) is 0 Å². The first-order chi connectivity index (χ1) is 9.28. The van der Waals surface area contributed by atoms with Crippen LogP contribution in [0.15, 0.2) is 34.8 Å². The van der Waals surface area contributed by atoms with Gasteiger partial charge in [-0.3, -0.25) is 4.90 Å². The highest BCUT2D eigenvalue weighted by Crippen LogP contribution is 2.30. The molecule has 1 atom stereocenters. The number of carbonyl (C=O) groups excluding carboxylic acids is 1. The monoisotopic (exact) mass is 341 g/mol. The van der Waals surface area contributed by atoms with Gasteiger partial charge in [0.2, 0.25) is 0 Å². The Morgan fingerprint density at radius 3 is 2.75 bits per heavy atom. The van der Waals surface area contributed by atoms with Crippen molar-refractivity contribution in [3.8, 4) is 0 Å². The largest absolute Gasteiger partial charge is 0.444 e. The lowest BCUT2D eigenvalue weighted by molar-refractivity contribution is 0.0240. The molecule has 108 valence electrons. The Kier molecular flexibility index (Phi) is 4.18. The summed E-state index contributed by atoms with van der Waals surface area (Å²) in [5, 5.41) is 0. The fourth-order valence-corrected chi connectivity index (χ4v) is 2.26. The van der Waals surface area contributed by atoms with Gasteiger partial charge in [0.15, 0.2) is 0 Å². The maximum Gasteiger partial charge on any atom is 0.411 e. The highest BCUT2D eigenvalue weighted by Gasteiger charge is 2.30. The SMILES string of the molecule is CC(C)(C)OC(=O)N1CC=CC1c1ccc(Br)c(F)c1. The number of benzene rings is 1. The third kappa shape index (κ3) is 3.39. The maximum absolute atomic E-state index is 13.6. The third-order valence-electron chi connectivity index (χ3n) is 2.87. The van der Waals surface area contributed by atoms with Gasteiger partial charge in [-0.05, 0) is 54.4 Å². The van der Waals surface area contributed by atoms with Crippen LogP contribution in [0.25, 0.3) is 0 Å². The summed E-state index contributed by atoms with van der Waals surface area (Å²) in [5.41, 5.74) is 0.181. The molecule has 0 aliphatic carbocycles. The van der Waals surface area contributed by atoms with Gasteiger partial charge in [-0.2, -0.15) is 0 Å². The highest BCUT2D eigenvalue weighted by molar-refractivity contribution is 9.10. The van der Waals surface area contributed by atoms with Gasteiger partial charge in [0.05, 0.1) is 10.5 Å². The molecular weight excluding hydrogens is 325 g/mol. The van der Waals surface area contributed by atoms with E-state index in [4.69, 9.17) is 4.74 Å². The first-order valence-electron chi connectivity index (χ1n) is 6.39. The van der Waals surface area contributed by atoms with Gasteiger partial charge in [0.25, 0.3) is 0 Å². The minimum Gasteiger partial charge on any atom is -0.444 e. The summed E-state index contributed by atoms with van der Waals surface area (Å²) in [6, 6.07) is 4.59. The van der Waals surface area contributed by atoms with Crippen LogP contribution in [0.1, 0.15) is 32.4 Å². The van der Waals surface area contributed by atoms with Crippen LogP contribution in [0.3, 0.4) is 0 Å². The van der Waals surface area contributed by atoms with Crippen molar-refractivity contribution >= 4 is 22.0 Å². The zero-order valence-electron chi connectivity index (χ0n) is 11.7. The lowest BCUT2D eigenvalue weighted by atomic mass is 10.1. The number of ether oxygens (including phenoxy) is 1. The molecule has 0 N–H and O–H groups in total. The summed E-state index contributed by atoms with van der Waals surface area (Å²) in [5.74, 6) is -0.341. The van der Waals surface area contributed by atoms with E-state index in [9.17, 15) is 9.18 Å². The standard InChI is InChI=1S/C15H17BrFNO2/c1-15(2,3)20-14(19)18-8-4-5-13(18)10-6-7-11(16)12(17)9-10/h4-7,9,13H,8H2,1-3H3. The fourth-order valence-electron chi connectivity index (χ4n) is 2.02. The lowest BCUT2D eigenvalue weighted by Gasteiger charge is -2.28. The van der Waals surface area contributed by atoms with Crippen molar-refractivity contribution < 1.29 is 13.9 Å². The van der Waals surface area contributed by atoms with E-state index in [1.807, 2.05) is 32.9 Å². The summed E-state index contributed by atoms with van der Waals surface area (Å²) in [7, 11) is 0. The zero-order chi connectivity index (χ0) is 14.9. The predicted octanol–water partition coefficient (Wildman–Crippen LogP) is 4.44. The number of rotatable bonds is 1. The molecule has 0 aromatic heterocycles. The molecule has 1 aliphatic rings. The summed E-state index contributed by atoms with van der Waals surface area (Å²) < 4.78 is 19.4. The van der Waals surface area contributed by atoms with Crippen molar-refractivity contribution in [2.45, 2.75) is 32.4 Å². The second kappa shape index (κ2) is 5.56. The third-order valence-corrected chi connectivity index (χ3v) is 3.51. The van der Waals surface area contributed by atoms with Crippen molar-refractivity contribution in [3.05, 3.63) is 46.2 Å². The van der Waals surface area contributed by atoms with Crippen molar-refractivity contribution in [1.82, 2.24) is 4.90 Å². The lowest BCUT2D eigenvalue weighted by Crippen LogP contribution is -2.36. The van der Waals surface area contributed by atoms with Gasteiger partial charge in [-0.15, -0.1) is 0 Å². The van der Waals surface area contributed by atoms with Crippen molar-refractivity contribution in [2.75, 3.05) is 6.54 Å². The van der Waals surface area contributed by atoms with Crippen LogP contribution in [0.2, 0.25) is 0 Å². The first kappa shape index (κ1) is 15.0. The maximum atomic E-state index is 13.6. The predicted molar refractivity (Wildman–Crippen MR) is 78.9 cm³/mol. The van der Waals surface area contributed by atoms with Gasteiger partial charge < -0.3 is 4.74 Å². The van der Waals surface area contributed by atoms with E-state index < -0.39 is 11.7 Å². The van der Waals surface area contributed by atoms with Crippen LogP contribution < -0.4 is 0 Å². The van der Waals surface area contributed by atoms with Gasteiger partial charge >= 0.3 is 6.09 Å². The summed E-state index contributed by atoms with van der Waals surface area (Å²) in [4.78, 5) is 13.7. The van der Waals surface area contributed by atoms with Crippen molar-refractivity contribution in [1.29, 1.82) is 0 Å². The molecule has 0 fully saturated rings. The number of halogens is 2. The van der Waals surface area contributed by atoms with Gasteiger partial charge in [0.1, 0.15) is 11.4 Å². The smallest absolute Gasteiger partial charge is 0.411 e. The van der Waals surface area contributed by atoms with E-state index in [1.165, 1.54) is 6.07 Å². The van der Waals surface area contributed by atoms with Crippen molar-refractivity contribution in [2.24, 2.45) is 0 Å². The molecule has 20 heavy (non-hydrogen) atoms. The highest BCUT2D eigenvalue weighted by atomic mass is 79.9. The molecule has 0 bridgehead atoms. The Morgan fingerprint density at radius 1 is 1.45 bits per heavy atom. The Balaban J connectivity index is 2.20. The van der Waals surface area contributed by atoms with E-state index in [1.54, 1.807) is 17.0 Å². The molecular formula is C15H17BrFNO2. The number of carbonyl (C=O) groups is 1. The summed E-state index contributed by atoms with van der Waals surface area (Å²) in [6.07, 6.45) is 3.37. The van der Waals surface area contributed by atoms with Crippen LogP contribution in [0, 0.1) is 5.82 Å². The molecule has 0 saturated carbocycles. The Labute approximate surface area is 126 Å². The molecule has 0 radical (unpaired) electrons. The number of hydrogen-bond donors (Lipinski definition) is 0. The molecule has 1 aromatic carbocycles. The average Bonchev–Trinajstić information content (AvgIpc) is 2.79. The number of nitrogens with zero attached hydrogens (tertiary/aromatic N) is 1. The van der Waals surface area contributed by atoms with Gasteiger partial charge in [0, 0.05) is 6.54 Å². The van der Waals surface area contributed by atoms with E-state index in [0.29, 0.717) is 11.0 Å². The minimum atomic E-state index is -0.546. The van der Waals surface area contributed by atoms with Gasteiger partial charge in [-0.1, -0.05) is 18.2 Å². The zero-order valence-corrected chi connectivity index (χ0v) is 13.3. The molecule has 1 aromatic rings. The summed E-state index contributed by atoms with van der Waals surface area (Å²) in [6.45, 7) is 5.94. The summed E-state index contributed by atoms with van der Waals surface area (Å²) >= 11 is 3.12. The molecule has 3 nitrogen and oxygen atoms in total. The average molecular weight is 342 g/mol. The van der Waals surface area contributed by atoms with Crippen LogP contribution in [-0.4, -0.2) is 23.1 Å². The van der Waals surface area contributed by atoms with Gasteiger partial charge in [-0.25, -0.2) is 9.18 Å². The fraction of sp³-hybridized carbons (Fsp3) is 0.400. The van der Waals surface area contributed by atoms with Crippen LogP contribution in [-0.2, 0) is 4.74 Å². The second-order valence-corrected chi connectivity index (χ2v) is 6.53. The Bertz CT molecular complexity index is 551. The van der Waals surface area contributed by atoms with Crippen molar-refractivity contribution in [3.63, 3.8) is 0 Å². The van der Waals surface area contributed by atoms with E-state index in [2.05, 4.69) is 15.9 Å². The van der Waals surface area contributed by atoms with E-state index >= 15 is 0 Å². The Hall–Kier alpha value is -1.36. The topological polar surface area (TPSA) is 29.5 Å². The van der Waals surface area contributed by atoms with E-state index in [-0.39, 0.29) is 11.9 Å². The van der Waals surface area contributed by atoms with Crippen LogP contribution in [0.4, 0.5) is 9.18 Å². The molecule has 1 amide bonds. The normalized spacial score (nSPS) is 18.4. The molecule has 1 unspecified atom stereocenters. The van der Waals surface area contributed by atoms with E-state index in [0.717, 1.165) is 5.56 Å². The molecule has 0 spiro atoms. The molecule has 5 heteroatoms. The Morgan fingerprint density at radius 2 is 2.15 bits per heavy atom. The number of hydrogen-bond acceptors (Lipinski definition) is 2. The van der Waals surface area contributed by atoms with Crippen LogP contribution >= 0.6 is 15.9 Å². The second-order valence-electron chi connectivity index (χ2n) is 5.68. The minimum absolute atomic E-state index is 0.285. The quantitative estimate of drug-likeness (QED) is 0.707. The molecule has 1 heterocycles. The molecule has 0 saturated heterocycles. The molecule has 1 aliphatic heterocycles.